The van der Waals surface area contributed by atoms with Crippen molar-refractivity contribution in [1.29, 1.82) is 0 Å². The quantitative estimate of drug-likeness (QED) is 0.736. The number of nitrogens with two attached hydrogens (primary N) is 1. The summed E-state index contributed by atoms with van der Waals surface area (Å²) < 4.78 is 40.6. The van der Waals surface area contributed by atoms with Crippen molar-refractivity contribution in [3.63, 3.8) is 0 Å². The van der Waals surface area contributed by atoms with Crippen LogP contribution >= 0.6 is 0 Å². The van der Waals surface area contributed by atoms with Gasteiger partial charge in [0.25, 0.3) is 0 Å². The van der Waals surface area contributed by atoms with Gasteiger partial charge in [-0.2, -0.15) is 0 Å². The van der Waals surface area contributed by atoms with Crippen molar-refractivity contribution in [3.05, 3.63) is 24.0 Å². The molecular weight excluding hydrogens is 295 g/mol. The molecule has 7 heteroatoms. The van der Waals surface area contributed by atoms with E-state index in [0.717, 1.165) is 31.0 Å². The lowest BCUT2D eigenvalue weighted by molar-refractivity contribution is 0.120. The molecule has 0 bridgehead atoms. The zero-order valence-corrected chi connectivity index (χ0v) is 12.8. The van der Waals surface area contributed by atoms with Crippen LogP contribution in [0.1, 0.15) is 32.6 Å². The van der Waals surface area contributed by atoms with E-state index in [9.17, 15) is 17.9 Å². The van der Waals surface area contributed by atoms with Gasteiger partial charge in [-0.05, 0) is 37.0 Å². The maximum absolute atomic E-state index is 13.1. The Labute approximate surface area is 124 Å². The van der Waals surface area contributed by atoms with Gasteiger partial charge in [0.2, 0.25) is 10.0 Å². The zero-order chi connectivity index (χ0) is 15.7. The van der Waals surface area contributed by atoms with Crippen LogP contribution in [-0.4, -0.2) is 25.7 Å². The minimum atomic E-state index is -3.90. The molecule has 0 saturated heterocycles. The predicted octanol–water partition coefficient (Wildman–Crippen LogP) is 1.63. The molecule has 0 aromatic heterocycles. The first-order chi connectivity index (χ1) is 9.78. The van der Waals surface area contributed by atoms with Crippen LogP contribution in [0, 0.1) is 11.7 Å². The van der Waals surface area contributed by atoms with Gasteiger partial charge < -0.3 is 10.8 Å². The van der Waals surface area contributed by atoms with Crippen molar-refractivity contribution >= 4 is 15.7 Å². The second kappa shape index (κ2) is 5.90. The number of nitrogen functional groups attached to an aromatic ring is 1. The van der Waals surface area contributed by atoms with Gasteiger partial charge in [0.15, 0.2) is 0 Å². The Balaban J connectivity index is 2.31. The summed E-state index contributed by atoms with van der Waals surface area (Å²) in [5, 5.41) is 9.66. The fourth-order valence-electron chi connectivity index (χ4n) is 3.03. The normalized spacial score (nSPS) is 26.7. The monoisotopic (exact) mass is 316 g/mol. The highest BCUT2D eigenvalue weighted by Crippen LogP contribution is 2.33. The molecule has 2 atom stereocenters. The van der Waals surface area contributed by atoms with E-state index in [1.165, 1.54) is 0 Å². The first kappa shape index (κ1) is 16.2. The molecule has 5 nitrogen and oxygen atoms in total. The Bertz CT molecular complexity index is 621. The van der Waals surface area contributed by atoms with Crippen LogP contribution in [-0.2, 0) is 10.0 Å². The topological polar surface area (TPSA) is 92.4 Å². The van der Waals surface area contributed by atoms with E-state index >= 15 is 0 Å². The Morgan fingerprint density at radius 2 is 2.24 bits per heavy atom. The fourth-order valence-corrected chi connectivity index (χ4v) is 4.58. The van der Waals surface area contributed by atoms with Crippen LogP contribution in [0.4, 0.5) is 10.1 Å². The first-order valence-corrected chi connectivity index (χ1v) is 8.46. The van der Waals surface area contributed by atoms with Gasteiger partial charge in [-0.1, -0.05) is 19.8 Å². The van der Waals surface area contributed by atoms with Crippen molar-refractivity contribution in [2.45, 2.75) is 43.0 Å². The number of halogens is 1. The Kier molecular flexibility index (Phi) is 4.55. The fraction of sp³-hybridized carbons (Fsp3) is 0.571. The molecule has 0 heterocycles. The molecule has 118 valence electrons. The third kappa shape index (κ3) is 3.53. The minimum Gasteiger partial charge on any atom is -0.398 e. The van der Waals surface area contributed by atoms with Crippen molar-refractivity contribution < 1.29 is 17.9 Å². The van der Waals surface area contributed by atoms with Gasteiger partial charge in [-0.15, -0.1) is 0 Å². The number of hydrogen-bond acceptors (Lipinski definition) is 4. The van der Waals surface area contributed by atoms with Crippen molar-refractivity contribution in [3.8, 4) is 0 Å². The molecule has 0 spiro atoms. The maximum atomic E-state index is 13.1. The molecule has 21 heavy (non-hydrogen) atoms. The van der Waals surface area contributed by atoms with E-state index in [1.54, 1.807) is 0 Å². The number of hydrogen-bond donors (Lipinski definition) is 3. The van der Waals surface area contributed by atoms with Gasteiger partial charge in [-0.25, -0.2) is 17.5 Å². The summed E-state index contributed by atoms with van der Waals surface area (Å²) in [4.78, 5) is -0.157. The molecule has 2 rings (SSSR count). The Morgan fingerprint density at radius 1 is 1.52 bits per heavy atom. The molecule has 2 unspecified atom stereocenters. The van der Waals surface area contributed by atoms with Crippen LogP contribution in [0.3, 0.4) is 0 Å². The summed E-state index contributed by atoms with van der Waals surface area (Å²) in [6.45, 7) is 1.77. The molecule has 1 aromatic carbocycles. The average molecular weight is 316 g/mol. The number of nitrogens with one attached hydrogen (secondary N) is 1. The number of aliphatic hydroxyl groups excluding tert-OH is 1. The van der Waals surface area contributed by atoms with Crippen LogP contribution in [0.25, 0.3) is 0 Å². The maximum Gasteiger partial charge on any atom is 0.243 e. The zero-order valence-electron chi connectivity index (χ0n) is 12.0. The first-order valence-electron chi connectivity index (χ1n) is 6.98. The number of aliphatic hydroxyl groups is 1. The van der Waals surface area contributed by atoms with Gasteiger partial charge in [0.1, 0.15) is 10.7 Å². The van der Waals surface area contributed by atoms with Gasteiger partial charge in [0.05, 0.1) is 17.8 Å². The molecule has 1 aromatic rings. The van der Waals surface area contributed by atoms with Crippen molar-refractivity contribution in [2.24, 2.45) is 5.92 Å². The van der Waals surface area contributed by atoms with Gasteiger partial charge in [0, 0.05) is 0 Å². The number of rotatable bonds is 4. The standard InChI is InChI=1S/C14H21FN2O3S/c1-10-3-2-6-14(8-10,9-18)17-21(19,20)13-5-4-11(15)7-12(13)16/h4-5,7,10,17-18H,2-3,6,8-9,16H2,1H3. The molecule has 0 radical (unpaired) electrons. The molecule has 1 aliphatic carbocycles. The number of anilines is 1. The van der Waals surface area contributed by atoms with Crippen LogP contribution in [0.2, 0.25) is 0 Å². The summed E-state index contributed by atoms with van der Waals surface area (Å²) in [6, 6.07) is 3.17. The third-order valence-electron chi connectivity index (χ3n) is 4.01. The summed E-state index contributed by atoms with van der Waals surface area (Å²) in [5.74, 6) is -0.256. The lowest BCUT2D eigenvalue weighted by atomic mass is 9.78. The largest absolute Gasteiger partial charge is 0.398 e. The van der Waals surface area contributed by atoms with E-state index in [1.807, 2.05) is 6.92 Å². The summed E-state index contributed by atoms with van der Waals surface area (Å²) in [5.41, 5.74) is 4.60. The van der Waals surface area contributed by atoms with E-state index in [2.05, 4.69) is 4.72 Å². The Morgan fingerprint density at radius 3 is 2.81 bits per heavy atom. The highest BCUT2D eigenvalue weighted by molar-refractivity contribution is 7.89. The average Bonchev–Trinajstić information content (AvgIpc) is 2.37. The van der Waals surface area contributed by atoms with Crippen molar-refractivity contribution in [1.82, 2.24) is 4.72 Å². The molecule has 1 aliphatic rings. The number of sulfonamides is 1. The molecule has 4 N–H and O–H groups in total. The van der Waals surface area contributed by atoms with Gasteiger partial charge in [-0.3, -0.25) is 0 Å². The van der Waals surface area contributed by atoms with E-state index in [0.29, 0.717) is 18.8 Å². The van der Waals surface area contributed by atoms with Crippen LogP contribution < -0.4 is 10.5 Å². The van der Waals surface area contributed by atoms with Crippen LogP contribution in [0.15, 0.2) is 23.1 Å². The van der Waals surface area contributed by atoms with E-state index < -0.39 is 21.4 Å². The SMILES string of the molecule is CC1CCCC(CO)(NS(=O)(=O)c2ccc(F)cc2N)C1. The highest BCUT2D eigenvalue weighted by atomic mass is 32.2. The molecular formula is C14H21FN2O3S. The van der Waals surface area contributed by atoms with Crippen molar-refractivity contribution in [2.75, 3.05) is 12.3 Å². The molecule has 0 aliphatic heterocycles. The minimum absolute atomic E-state index is 0.139. The molecule has 1 fully saturated rings. The van der Waals surface area contributed by atoms with Gasteiger partial charge >= 0.3 is 0 Å². The lowest BCUT2D eigenvalue weighted by Gasteiger charge is -2.39. The van der Waals surface area contributed by atoms with Crippen LogP contribution in [0.5, 0.6) is 0 Å². The van der Waals surface area contributed by atoms with E-state index in [-0.39, 0.29) is 17.2 Å². The Hall–Kier alpha value is -1.18. The second-order valence-electron chi connectivity index (χ2n) is 5.93. The third-order valence-corrected chi connectivity index (χ3v) is 5.66. The predicted molar refractivity (Wildman–Crippen MR) is 78.6 cm³/mol. The lowest BCUT2D eigenvalue weighted by Crippen LogP contribution is -2.53. The molecule has 0 amide bonds. The second-order valence-corrected chi connectivity index (χ2v) is 7.58. The summed E-state index contributed by atoms with van der Waals surface area (Å²) in [6.07, 6.45) is 3.02. The smallest absolute Gasteiger partial charge is 0.243 e. The number of benzene rings is 1. The van der Waals surface area contributed by atoms with E-state index in [4.69, 9.17) is 5.73 Å². The summed E-state index contributed by atoms with van der Waals surface area (Å²) >= 11 is 0. The summed E-state index contributed by atoms with van der Waals surface area (Å²) in [7, 11) is -3.90. The highest BCUT2D eigenvalue weighted by Gasteiger charge is 2.38. The molecule has 1 saturated carbocycles.